The van der Waals surface area contributed by atoms with Gasteiger partial charge in [-0.05, 0) is 12.2 Å². The van der Waals surface area contributed by atoms with Gasteiger partial charge >= 0.3 is 5.91 Å². The summed E-state index contributed by atoms with van der Waals surface area (Å²) < 4.78 is 0. The first kappa shape index (κ1) is 6.73. The molecule has 0 saturated carbocycles. The van der Waals surface area contributed by atoms with Gasteiger partial charge in [0.25, 0.3) is 0 Å². The monoisotopic (exact) mass is 154 g/mol. The van der Waals surface area contributed by atoms with E-state index in [2.05, 4.69) is 32.6 Å². The van der Waals surface area contributed by atoms with Crippen molar-refractivity contribution in [3.05, 3.63) is 11.9 Å². The Morgan fingerprint density at radius 3 is 3.20 bits per heavy atom. The lowest BCUT2D eigenvalue weighted by Gasteiger charge is -1.77. The van der Waals surface area contributed by atoms with Crippen molar-refractivity contribution in [1.82, 2.24) is 15.4 Å². The normalized spacial score (nSPS) is 8.40. The van der Waals surface area contributed by atoms with E-state index in [4.69, 9.17) is 0 Å². The van der Waals surface area contributed by atoms with Crippen LogP contribution < -0.4 is 0 Å². The smallest absolute Gasteiger partial charge is 0.264 e. The molecule has 0 aliphatic heterocycles. The van der Waals surface area contributed by atoms with Gasteiger partial charge in [0.2, 0.25) is 0 Å². The van der Waals surface area contributed by atoms with Crippen LogP contribution in [0.5, 0.6) is 0 Å². The van der Waals surface area contributed by atoms with Crippen molar-refractivity contribution in [1.29, 1.82) is 0 Å². The van der Waals surface area contributed by atoms with Gasteiger partial charge in [-0.2, -0.15) is 20.4 Å². The molecule has 0 radical (unpaired) electrons. The number of carbonyl (C=O) groups excluding carboxylic acids is 1. The van der Waals surface area contributed by atoms with Gasteiger partial charge < -0.3 is 0 Å². The summed E-state index contributed by atoms with van der Waals surface area (Å²) in [6, 6.07) is 0. The van der Waals surface area contributed by atoms with Crippen LogP contribution in [-0.2, 0) is 0 Å². The van der Waals surface area contributed by atoms with Crippen molar-refractivity contribution in [3.63, 3.8) is 0 Å². The molecule has 0 fully saturated rings. The van der Waals surface area contributed by atoms with Crippen LogP contribution in [0.1, 0.15) is 10.5 Å². The van der Waals surface area contributed by atoms with Crippen LogP contribution in [0.2, 0.25) is 0 Å². The van der Waals surface area contributed by atoms with Crippen molar-refractivity contribution in [2.75, 3.05) is 0 Å². The van der Waals surface area contributed by atoms with Crippen LogP contribution >= 0.6 is 12.2 Å². The number of aliphatic imine (C=N–C) groups is 1. The summed E-state index contributed by atoms with van der Waals surface area (Å²) in [6.45, 7) is 0. The highest BCUT2D eigenvalue weighted by atomic mass is 32.1. The van der Waals surface area contributed by atoms with Crippen LogP contribution in [0.3, 0.4) is 0 Å². The van der Waals surface area contributed by atoms with Gasteiger partial charge in [-0.25, -0.2) is 0 Å². The van der Waals surface area contributed by atoms with E-state index >= 15 is 0 Å². The van der Waals surface area contributed by atoms with Gasteiger partial charge in [0.05, 0.1) is 11.4 Å². The van der Waals surface area contributed by atoms with Gasteiger partial charge in [0, 0.05) is 0 Å². The zero-order valence-electron chi connectivity index (χ0n) is 4.74. The fraction of sp³-hybridized carbons (Fsp3) is 0. The first-order valence-electron chi connectivity index (χ1n) is 2.32. The van der Waals surface area contributed by atoms with Gasteiger partial charge in [-0.1, -0.05) is 0 Å². The quantitative estimate of drug-likeness (QED) is 0.458. The highest BCUT2D eigenvalue weighted by molar-refractivity contribution is 7.78. The van der Waals surface area contributed by atoms with Crippen molar-refractivity contribution < 1.29 is 4.79 Å². The topological polar surface area (TPSA) is 71.0 Å². The maximum absolute atomic E-state index is 10.7. The molecule has 1 heterocycles. The van der Waals surface area contributed by atoms with Crippen LogP contribution in [0.15, 0.2) is 11.2 Å². The minimum absolute atomic E-state index is 0.136. The largest absolute Gasteiger partial charge is 0.307 e. The van der Waals surface area contributed by atoms with E-state index in [0.717, 1.165) is 0 Å². The van der Waals surface area contributed by atoms with E-state index in [1.54, 1.807) is 0 Å². The van der Waals surface area contributed by atoms with Gasteiger partial charge in [-0.15, -0.1) is 0 Å². The van der Waals surface area contributed by atoms with E-state index in [9.17, 15) is 4.79 Å². The molecule has 0 aliphatic rings. The second-order valence-electron chi connectivity index (χ2n) is 1.36. The third-order valence-corrected chi connectivity index (χ3v) is 0.873. The summed E-state index contributed by atoms with van der Waals surface area (Å²) in [5.74, 6) is -0.538. The molecule has 0 bridgehead atoms. The van der Waals surface area contributed by atoms with Crippen molar-refractivity contribution >= 4 is 23.3 Å². The lowest BCUT2D eigenvalue weighted by atomic mass is 10.5. The lowest BCUT2D eigenvalue weighted by Crippen LogP contribution is -1.93. The maximum Gasteiger partial charge on any atom is 0.307 e. The number of aromatic nitrogens is 3. The highest BCUT2D eigenvalue weighted by Crippen LogP contribution is 1.90. The third-order valence-electron chi connectivity index (χ3n) is 0.781. The van der Waals surface area contributed by atoms with E-state index in [-0.39, 0.29) is 5.69 Å². The molecule has 10 heavy (non-hydrogen) atoms. The van der Waals surface area contributed by atoms with Gasteiger partial charge in [-0.3, -0.25) is 4.79 Å². The first-order valence-corrected chi connectivity index (χ1v) is 2.73. The minimum Gasteiger partial charge on any atom is -0.264 e. The fourth-order valence-corrected chi connectivity index (χ4v) is 0.486. The lowest BCUT2D eigenvalue weighted by molar-refractivity contribution is 0.0999. The molecule has 1 amide bonds. The summed E-state index contributed by atoms with van der Waals surface area (Å²) in [4.78, 5) is 13.9. The molecule has 0 unspecified atom stereocenters. The molecule has 1 rings (SSSR count). The first-order chi connectivity index (χ1) is 4.84. The van der Waals surface area contributed by atoms with Crippen LogP contribution in [0.25, 0.3) is 0 Å². The van der Waals surface area contributed by atoms with Gasteiger partial charge in [0.15, 0.2) is 5.69 Å². The summed E-state index contributed by atoms with van der Waals surface area (Å²) in [5.41, 5.74) is 0.136. The van der Waals surface area contributed by atoms with Gasteiger partial charge in [0.1, 0.15) is 0 Å². The molecule has 5 nitrogen and oxygen atoms in total. The number of isothiocyanates is 1. The van der Waals surface area contributed by atoms with E-state index in [1.165, 1.54) is 6.20 Å². The highest BCUT2D eigenvalue weighted by Gasteiger charge is 2.04. The molecule has 0 atom stereocenters. The Bertz CT molecular complexity index is 273. The molecular weight excluding hydrogens is 152 g/mol. The van der Waals surface area contributed by atoms with Crippen molar-refractivity contribution in [2.24, 2.45) is 4.99 Å². The predicted molar refractivity (Wildman–Crippen MR) is 35.7 cm³/mol. The Balaban J connectivity index is 2.87. The average molecular weight is 154 g/mol. The Kier molecular flexibility index (Phi) is 1.99. The molecule has 1 N–H and O–H groups in total. The molecule has 1 aromatic heterocycles. The molecule has 0 spiro atoms. The number of hydrogen-bond acceptors (Lipinski definition) is 4. The van der Waals surface area contributed by atoms with E-state index in [1.807, 2.05) is 5.16 Å². The summed E-state index contributed by atoms with van der Waals surface area (Å²) >= 11 is 4.21. The van der Waals surface area contributed by atoms with Crippen molar-refractivity contribution in [3.8, 4) is 0 Å². The Labute approximate surface area is 61.2 Å². The fourth-order valence-electron chi connectivity index (χ4n) is 0.403. The molecule has 1 aromatic rings. The maximum atomic E-state index is 10.7. The second-order valence-corrected chi connectivity index (χ2v) is 1.55. The summed E-state index contributed by atoms with van der Waals surface area (Å²) in [6.07, 6.45) is 1.26. The molecule has 50 valence electrons. The van der Waals surface area contributed by atoms with Crippen LogP contribution in [-0.4, -0.2) is 26.5 Å². The molecule has 0 aromatic carbocycles. The van der Waals surface area contributed by atoms with E-state index < -0.39 is 5.91 Å². The number of amides is 1. The standard InChI is InChI=1S/C4H2N4OS/c9-4(5-2-10)3-1-6-8-7-3/h1H,(H,6,7,8). The number of aromatic amines is 1. The second kappa shape index (κ2) is 2.95. The zero-order chi connectivity index (χ0) is 7.40. The number of nitrogens with zero attached hydrogens (tertiary/aromatic N) is 3. The molecule has 0 saturated heterocycles. The Morgan fingerprint density at radius 2 is 2.70 bits per heavy atom. The third kappa shape index (κ3) is 1.31. The zero-order valence-corrected chi connectivity index (χ0v) is 5.55. The number of rotatable bonds is 1. The van der Waals surface area contributed by atoms with Crippen LogP contribution in [0.4, 0.5) is 0 Å². The molecule has 6 heteroatoms. The summed E-state index contributed by atoms with van der Waals surface area (Å²) in [7, 11) is 0. The number of nitrogens with one attached hydrogen (secondary N) is 1. The number of hydrogen-bond donors (Lipinski definition) is 1. The SMILES string of the molecule is O=C(N=C=S)c1cn[nH]n1. The van der Waals surface area contributed by atoms with Crippen molar-refractivity contribution in [2.45, 2.75) is 0 Å². The number of carbonyl (C=O) groups is 1. The Hall–Kier alpha value is -1.39. The van der Waals surface area contributed by atoms with E-state index in [0.29, 0.717) is 0 Å². The molecule has 0 aliphatic carbocycles. The summed E-state index contributed by atoms with van der Waals surface area (Å²) in [5, 5.41) is 11.1. The Morgan fingerprint density at radius 1 is 1.90 bits per heavy atom. The average Bonchev–Trinajstić information content (AvgIpc) is 2.38. The predicted octanol–water partition coefficient (Wildman–Crippen LogP) is 0.0477. The number of H-pyrrole nitrogens is 1. The van der Waals surface area contributed by atoms with Crippen LogP contribution in [0, 0.1) is 0 Å². The molecular formula is C4H2N4OS. The minimum atomic E-state index is -0.538. The number of thiocarbonyl (C=S) groups is 1.